The van der Waals surface area contributed by atoms with E-state index < -0.39 is 21.5 Å². The van der Waals surface area contributed by atoms with Gasteiger partial charge in [-0.3, -0.25) is 19.5 Å². The molecule has 0 fully saturated rings. The molecule has 7 nitrogen and oxygen atoms in total. The first-order valence-corrected chi connectivity index (χ1v) is 13.8. The molecule has 37 heavy (non-hydrogen) atoms. The fraction of sp³-hybridized carbons (Fsp3) is 0.250. The fourth-order valence-electron chi connectivity index (χ4n) is 4.20. The maximum absolute atomic E-state index is 13.2. The first-order chi connectivity index (χ1) is 17.5. The van der Waals surface area contributed by atoms with Crippen molar-refractivity contribution in [2.75, 3.05) is 0 Å². The summed E-state index contributed by atoms with van der Waals surface area (Å²) in [5, 5.41) is 0.444. The van der Waals surface area contributed by atoms with Crippen molar-refractivity contribution in [3.05, 3.63) is 88.9 Å². The molecule has 3 aromatic carbocycles. The summed E-state index contributed by atoms with van der Waals surface area (Å²) in [7, 11) is -4.16. The zero-order chi connectivity index (χ0) is 26.8. The van der Waals surface area contributed by atoms with Crippen molar-refractivity contribution < 1.29 is 18.0 Å². The molecule has 0 saturated carbocycles. The van der Waals surface area contributed by atoms with Crippen LogP contribution in [0.4, 0.5) is 0 Å². The van der Waals surface area contributed by atoms with E-state index in [0.717, 1.165) is 24.2 Å². The molecule has 0 spiro atoms. The highest BCUT2D eigenvalue weighted by molar-refractivity contribution is 7.90. The maximum Gasteiger partial charge on any atom is 0.264 e. The molecular weight excluding hydrogens is 510 g/mol. The van der Waals surface area contributed by atoms with Gasteiger partial charge in [0.05, 0.1) is 11.4 Å². The highest BCUT2D eigenvalue weighted by atomic mass is 35.5. The third-order valence-corrected chi connectivity index (χ3v) is 7.72. The summed E-state index contributed by atoms with van der Waals surface area (Å²) in [6, 6.07) is 19.8. The number of hydrogen-bond donors (Lipinski definition) is 1. The molecule has 0 radical (unpaired) electrons. The number of halogens is 1. The minimum absolute atomic E-state index is 0.0149. The number of carbonyl (C=O) groups is 2. The van der Waals surface area contributed by atoms with E-state index in [1.54, 1.807) is 23.1 Å². The minimum Gasteiger partial charge on any atom is -0.294 e. The standard InChI is InChI=1S/C28H28ClN3O4S/c1-4-7-25-30-28(2,3)27(34)32(25)18-19-10-12-20(13-11-19)23-8-5-6-9-24(23)37(35,36)31-26(33)21-14-16-22(29)17-15-21/h5-6,8-17H,4,7,18H2,1-3H3,(H,31,33). The minimum atomic E-state index is -4.16. The second kappa shape index (κ2) is 10.5. The smallest absolute Gasteiger partial charge is 0.264 e. The molecule has 0 aliphatic carbocycles. The van der Waals surface area contributed by atoms with E-state index in [-0.39, 0.29) is 16.4 Å². The average molecular weight is 538 g/mol. The van der Waals surface area contributed by atoms with Gasteiger partial charge in [-0.1, -0.05) is 61.0 Å². The van der Waals surface area contributed by atoms with Crippen molar-refractivity contribution in [1.29, 1.82) is 0 Å². The molecule has 0 saturated heterocycles. The van der Waals surface area contributed by atoms with Gasteiger partial charge in [0.2, 0.25) is 0 Å². The zero-order valence-corrected chi connectivity index (χ0v) is 22.4. The van der Waals surface area contributed by atoms with Crippen molar-refractivity contribution in [2.45, 2.75) is 50.6 Å². The van der Waals surface area contributed by atoms with Gasteiger partial charge in [-0.05, 0) is 61.7 Å². The largest absolute Gasteiger partial charge is 0.294 e. The van der Waals surface area contributed by atoms with Crippen LogP contribution in [-0.2, 0) is 21.4 Å². The molecule has 0 atom stereocenters. The highest BCUT2D eigenvalue weighted by Gasteiger charge is 2.40. The number of aliphatic imine (C=N–C) groups is 1. The Morgan fingerprint density at radius 3 is 2.30 bits per heavy atom. The van der Waals surface area contributed by atoms with Crippen LogP contribution in [-0.4, -0.2) is 36.5 Å². The molecular formula is C28H28ClN3O4S. The second-order valence-corrected chi connectivity index (χ2v) is 11.5. The van der Waals surface area contributed by atoms with Crippen molar-refractivity contribution >= 4 is 39.3 Å². The van der Waals surface area contributed by atoms with Gasteiger partial charge in [-0.15, -0.1) is 0 Å². The van der Waals surface area contributed by atoms with Gasteiger partial charge >= 0.3 is 0 Å². The topological polar surface area (TPSA) is 95.9 Å². The number of carbonyl (C=O) groups excluding carboxylic acids is 2. The number of amidine groups is 1. The van der Waals surface area contributed by atoms with E-state index in [1.807, 2.05) is 38.1 Å². The van der Waals surface area contributed by atoms with Gasteiger partial charge < -0.3 is 0 Å². The highest BCUT2D eigenvalue weighted by Crippen LogP contribution is 2.29. The number of nitrogens with zero attached hydrogens (tertiary/aromatic N) is 2. The maximum atomic E-state index is 13.2. The number of nitrogens with one attached hydrogen (secondary N) is 1. The molecule has 2 amide bonds. The van der Waals surface area contributed by atoms with Crippen LogP contribution in [0.1, 0.15) is 49.5 Å². The lowest BCUT2D eigenvalue weighted by atomic mass is 10.0. The molecule has 1 aliphatic heterocycles. The van der Waals surface area contributed by atoms with E-state index in [0.29, 0.717) is 22.7 Å². The summed E-state index contributed by atoms with van der Waals surface area (Å²) in [5.41, 5.74) is 1.43. The molecule has 3 aromatic rings. The number of sulfonamides is 1. The molecule has 1 aliphatic rings. The quantitative estimate of drug-likeness (QED) is 0.413. The van der Waals surface area contributed by atoms with Crippen molar-refractivity contribution in [1.82, 2.24) is 9.62 Å². The van der Waals surface area contributed by atoms with Crippen molar-refractivity contribution in [2.24, 2.45) is 4.99 Å². The van der Waals surface area contributed by atoms with Crippen LogP contribution in [0.15, 0.2) is 82.7 Å². The summed E-state index contributed by atoms with van der Waals surface area (Å²) >= 11 is 5.86. The van der Waals surface area contributed by atoms with Crippen LogP contribution in [0.3, 0.4) is 0 Å². The van der Waals surface area contributed by atoms with Gasteiger partial charge in [0.1, 0.15) is 11.4 Å². The Morgan fingerprint density at radius 1 is 1.00 bits per heavy atom. The number of benzene rings is 3. The van der Waals surface area contributed by atoms with Gasteiger partial charge in [0.25, 0.3) is 21.8 Å². The number of hydrogen-bond acceptors (Lipinski definition) is 5. The third-order valence-electron chi connectivity index (χ3n) is 6.08. The zero-order valence-electron chi connectivity index (χ0n) is 20.9. The second-order valence-electron chi connectivity index (χ2n) is 9.36. The van der Waals surface area contributed by atoms with Crippen LogP contribution >= 0.6 is 11.6 Å². The van der Waals surface area contributed by atoms with Crippen LogP contribution in [0.25, 0.3) is 11.1 Å². The monoisotopic (exact) mass is 537 g/mol. The van der Waals surface area contributed by atoms with Crippen LogP contribution < -0.4 is 4.72 Å². The van der Waals surface area contributed by atoms with Gasteiger partial charge in [0, 0.05) is 22.6 Å². The molecule has 0 bridgehead atoms. The summed E-state index contributed by atoms with van der Waals surface area (Å²) in [5.74, 6) is 0.00640. The molecule has 0 unspecified atom stereocenters. The van der Waals surface area contributed by atoms with E-state index >= 15 is 0 Å². The molecule has 1 N–H and O–H groups in total. The van der Waals surface area contributed by atoms with Gasteiger partial charge in [0.15, 0.2) is 0 Å². The normalized spacial score (nSPS) is 15.0. The first kappa shape index (κ1) is 26.6. The summed E-state index contributed by atoms with van der Waals surface area (Å²) in [4.78, 5) is 31.8. The Bertz CT molecular complexity index is 1460. The predicted molar refractivity (Wildman–Crippen MR) is 145 cm³/mol. The Labute approximate surface area is 222 Å². The Balaban J connectivity index is 1.57. The molecule has 9 heteroatoms. The Hall–Kier alpha value is -3.49. The van der Waals surface area contributed by atoms with Crippen molar-refractivity contribution in [3.63, 3.8) is 0 Å². The first-order valence-electron chi connectivity index (χ1n) is 11.9. The third kappa shape index (κ3) is 5.76. The molecule has 192 valence electrons. The lowest BCUT2D eigenvalue weighted by Crippen LogP contribution is -2.38. The lowest BCUT2D eigenvalue weighted by Gasteiger charge is -2.21. The number of amides is 2. The van der Waals surface area contributed by atoms with E-state index in [2.05, 4.69) is 16.6 Å². The van der Waals surface area contributed by atoms with Gasteiger partial charge in [-0.2, -0.15) is 0 Å². The summed E-state index contributed by atoms with van der Waals surface area (Å²) in [6.07, 6.45) is 1.61. The predicted octanol–water partition coefficient (Wildman–Crippen LogP) is 5.45. The average Bonchev–Trinajstić information content (AvgIpc) is 3.07. The van der Waals surface area contributed by atoms with Gasteiger partial charge in [-0.25, -0.2) is 13.1 Å². The van der Waals surface area contributed by atoms with E-state index in [9.17, 15) is 18.0 Å². The fourth-order valence-corrected chi connectivity index (χ4v) is 5.54. The van der Waals surface area contributed by atoms with Crippen LogP contribution in [0, 0.1) is 0 Å². The van der Waals surface area contributed by atoms with E-state index in [1.165, 1.54) is 30.3 Å². The summed E-state index contributed by atoms with van der Waals surface area (Å²) in [6.45, 7) is 6.07. The molecule has 0 aromatic heterocycles. The molecule has 1 heterocycles. The Morgan fingerprint density at radius 2 is 1.65 bits per heavy atom. The van der Waals surface area contributed by atoms with E-state index in [4.69, 9.17) is 11.6 Å². The van der Waals surface area contributed by atoms with Crippen molar-refractivity contribution in [3.8, 4) is 11.1 Å². The Kier molecular flexibility index (Phi) is 7.52. The lowest BCUT2D eigenvalue weighted by molar-refractivity contribution is -0.130. The number of rotatable bonds is 8. The summed E-state index contributed by atoms with van der Waals surface area (Å²) < 4.78 is 28.4. The molecule has 4 rings (SSSR count). The SMILES string of the molecule is CCCC1=NC(C)(C)C(=O)N1Cc1ccc(-c2ccccc2S(=O)(=O)NC(=O)c2ccc(Cl)cc2)cc1. The van der Waals surface area contributed by atoms with Crippen LogP contribution in [0.2, 0.25) is 5.02 Å². The van der Waals surface area contributed by atoms with Crippen LogP contribution in [0.5, 0.6) is 0 Å².